The molecule has 4 nitrogen and oxygen atoms in total. The monoisotopic (exact) mass is 301 g/mol. The smallest absolute Gasteiger partial charge is 0.408 e. The molecule has 3 unspecified atom stereocenters. The molecule has 0 saturated carbocycles. The van der Waals surface area contributed by atoms with Crippen LogP contribution in [0.25, 0.3) is 0 Å². The first kappa shape index (κ1) is 18.7. The number of hydrogen-bond donors (Lipinski definition) is 2. The van der Waals surface area contributed by atoms with Gasteiger partial charge in [0.2, 0.25) is 0 Å². The number of alkyl carbamates (subject to hydrolysis) is 1. The first-order chi connectivity index (χ1) is 9.36. The summed E-state index contributed by atoms with van der Waals surface area (Å²) in [6.07, 6.45) is 1.01. The lowest BCUT2D eigenvalue weighted by Gasteiger charge is -2.34. The normalized spacial score (nSPS) is 26.1. The predicted octanol–water partition coefficient (Wildman–Crippen LogP) is 3.52. The maximum atomic E-state index is 11.3. The van der Waals surface area contributed by atoms with Gasteiger partial charge in [-0.05, 0) is 26.8 Å². The molecule has 0 aromatic heterocycles. The maximum Gasteiger partial charge on any atom is 0.408 e. The first-order valence-corrected chi connectivity index (χ1v) is 7.06. The van der Waals surface area contributed by atoms with Gasteiger partial charge >= 0.3 is 6.09 Å². The van der Waals surface area contributed by atoms with E-state index in [1.807, 2.05) is 27.7 Å². The van der Waals surface area contributed by atoms with Crippen LogP contribution in [0.15, 0.2) is 34.9 Å². The maximum absolute atomic E-state index is 11.3. The standard InChI is InChI=1S/C13H18ClNO3.C2H6/c1-5-9(10(14)6-7(2)3)12-11(16)8(4)15-13(17)18-12;1-2/h5-6,8,11-12,16H,1H2,2-4H3,(H,15,17);1-2H3/b10-9-;. The van der Waals surface area contributed by atoms with Crippen LogP contribution in [0.1, 0.15) is 34.6 Å². The molecule has 0 aliphatic carbocycles. The fourth-order valence-electron chi connectivity index (χ4n) is 1.69. The molecular weight excluding hydrogens is 278 g/mol. The van der Waals surface area contributed by atoms with Crippen molar-refractivity contribution in [2.75, 3.05) is 0 Å². The highest BCUT2D eigenvalue weighted by molar-refractivity contribution is 6.31. The number of ether oxygens (including phenoxy) is 1. The van der Waals surface area contributed by atoms with Crippen LogP contribution < -0.4 is 5.32 Å². The largest absolute Gasteiger partial charge is 0.438 e. The van der Waals surface area contributed by atoms with Gasteiger partial charge in [-0.1, -0.05) is 43.7 Å². The zero-order valence-corrected chi connectivity index (χ0v) is 13.5. The summed E-state index contributed by atoms with van der Waals surface area (Å²) in [4.78, 5) is 11.3. The molecule has 1 aliphatic heterocycles. The van der Waals surface area contributed by atoms with E-state index in [9.17, 15) is 9.90 Å². The minimum Gasteiger partial charge on any atom is -0.438 e. The number of allylic oxidation sites excluding steroid dienone is 3. The van der Waals surface area contributed by atoms with Crippen molar-refractivity contribution in [3.8, 4) is 0 Å². The van der Waals surface area contributed by atoms with Crippen LogP contribution in [-0.4, -0.2) is 29.4 Å². The Morgan fingerprint density at radius 2 is 2.00 bits per heavy atom. The highest BCUT2D eigenvalue weighted by Crippen LogP contribution is 2.25. The van der Waals surface area contributed by atoms with E-state index in [1.54, 1.807) is 13.0 Å². The van der Waals surface area contributed by atoms with Crippen molar-refractivity contribution in [1.82, 2.24) is 5.32 Å². The lowest BCUT2D eigenvalue weighted by Crippen LogP contribution is -2.55. The van der Waals surface area contributed by atoms with Crippen LogP contribution in [-0.2, 0) is 4.74 Å². The molecule has 1 rings (SSSR count). The number of carbonyl (C=O) groups is 1. The van der Waals surface area contributed by atoms with Gasteiger partial charge in [0.25, 0.3) is 0 Å². The van der Waals surface area contributed by atoms with Gasteiger partial charge in [-0.15, -0.1) is 0 Å². The Morgan fingerprint density at radius 3 is 2.45 bits per heavy atom. The molecule has 1 fully saturated rings. The van der Waals surface area contributed by atoms with Crippen molar-refractivity contribution in [2.45, 2.75) is 52.9 Å². The topological polar surface area (TPSA) is 58.6 Å². The Bertz CT molecular complexity index is 411. The number of hydrogen-bond acceptors (Lipinski definition) is 3. The fourth-order valence-corrected chi connectivity index (χ4v) is 2.09. The number of aliphatic hydroxyl groups is 1. The molecule has 0 bridgehead atoms. The second-order valence-corrected chi connectivity index (χ2v) is 4.89. The van der Waals surface area contributed by atoms with Gasteiger partial charge in [0, 0.05) is 10.6 Å². The van der Waals surface area contributed by atoms with Crippen molar-refractivity contribution in [3.63, 3.8) is 0 Å². The SMILES string of the molecule is C=C/C(=C(/Cl)C=C(C)C)C1OC(=O)NC(C)C1O.CC. The number of carbonyl (C=O) groups excluding carboxylic acids is 1. The van der Waals surface area contributed by atoms with Crippen molar-refractivity contribution in [1.29, 1.82) is 0 Å². The summed E-state index contributed by atoms with van der Waals surface area (Å²) < 4.78 is 5.08. The van der Waals surface area contributed by atoms with Gasteiger partial charge < -0.3 is 15.2 Å². The van der Waals surface area contributed by atoms with Crippen LogP contribution >= 0.6 is 11.6 Å². The van der Waals surface area contributed by atoms with E-state index in [-0.39, 0.29) is 0 Å². The molecule has 1 aliphatic rings. The van der Waals surface area contributed by atoms with E-state index in [0.29, 0.717) is 10.6 Å². The van der Waals surface area contributed by atoms with Crippen molar-refractivity contribution in [2.24, 2.45) is 0 Å². The van der Waals surface area contributed by atoms with Gasteiger partial charge in [-0.3, -0.25) is 0 Å². The average molecular weight is 302 g/mol. The summed E-state index contributed by atoms with van der Waals surface area (Å²) in [5, 5.41) is 12.9. The Balaban J connectivity index is 0.00000172. The fraction of sp³-hybridized carbons (Fsp3) is 0.533. The molecule has 1 saturated heterocycles. The summed E-state index contributed by atoms with van der Waals surface area (Å²) in [7, 11) is 0. The van der Waals surface area contributed by atoms with Crippen molar-refractivity contribution in [3.05, 3.63) is 34.9 Å². The molecular formula is C15H24ClNO3. The molecule has 0 spiro atoms. The quantitative estimate of drug-likeness (QED) is 0.784. The molecule has 114 valence electrons. The molecule has 20 heavy (non-hydrogen) atoms. The lowest BCUT2D eigenvalue weighted by molar-refractivity contribution is -0.0201. The van der Waals surface area contributed by atoms with Gasteiger partial charge in [0.1, 0.15) is 6.10 Å². The summed E-state index contributed by atoms with van der Waals surface area (Å²) in [5.74, 6) is 0. The third-order valence-corrected chi connectivity index (χ3v) is 2.95. The molecule has 0 aromatic carbocycles. The Labute approximate surface area is 126 Å². The van der Waals surface area contributed by atoms with Gasteiger partial charge in [0.15, 0.2) is 6.10 Å². The van der Waals surface area contributed by atoms with Gasteiger partial charge in [0.05, 0.1) is 6.04 Å². The molecule has 3 atom stereocenters. The summed E-state index contributed by atoms with van der Waals surface area (Å²) in [6, 6.07) is -0.401. The Kier molecular flexibility index (Phi) is 8.26. The third kappa shape index (κ3) is 5.02. The van der Waals surface area contributed by atoms with Gasteiger partial charge in [-0.25, -0.2) is 4.79 Å². The summed E-state index contributed by atoms with van der Waals surface area (Å²) in [6.45, 7) is 13.2. The highest BCUT2D eigenvalue weighted by Gasteiger charge is 2.36. The molecule has 5 heteroatoms. The average Bonchev–Trinajstić information content (AvgIpc) is 2.37. The van der Waals surface area contributed by atoms with Crippen LogP contribution in [0.4, 0.5) is 4.79 Å². The first-order valence-electron chi connectivity index (χ1n) is 6.69. The highest BCUT2D eigenvalue weighted by atomic mass is 35.5. The zero-order valence-electron chi connectivity index (χ0n) is 12.7. The Hall–Kier alpha value is -1.26. The second-order valence-electron chi connectivity index (χ2n) is 4.48. The number of cyclic esters (lactones) is 1. The number of halogens is 1. The molecule has 1 heterocycles. The minimum absolute atomic E-state index is 0.401. The number of amides is 1. The molecule has 2 N–H and O–H groups in total. The van der Waals surface area contributed by atoms with E-state index in [0.717, 1.165) is 5.57 Å². The predicted molar refractivity (Wildman–Crippen MR) is 82.7 cm³/mol. The van der Waals surface area contributed by atoms with E-state index in [2.05, 4.69) is 11.9 Å². The zero-order chi connectivity index (χ0) is 15.9. The van der Waals surface area contributed by atoms with Gasteiger partial charge in [-0.2, -0.15) is 0 Å². The second kappa shape index (κ2) is 8.82. The number of nitrogens with one attached hydrogen (secondary N) is 1. The molecule has 0 radical (unpaired) electrons. The van der Waals surface area contributed by atoms with E-state index >= 15 is 0 Å². The minimum atomic E-state index is -0.866. The van der Waals surface area contributed by atoms with E-state index < -0.39 is 24.3 Å². The van der Waals surface area contributed by atoms with Crippen LogP contribution in [0.5, 0.6) is 0 Å². The third-order valence-electron chi connectivity index (χ3n) is 2.62. The van der Waals surface area contributed by atoms with Crippen LogP contribution in [0, 0.1) is 0 Å². The number of aliphatic hydroxyl groups excluding tert-OH is 1. The Morgan fingerprint density at radius 1 is 1.45 bits per heavy atom. The van der Waals surface area contributed by atoms with Crippen molar-refractivity contribution >= 4 is 17.7 Å². The van der Waals surface area contributed by atoms with Crippen LogP contribution in [0.2, 0.25) is 0 Å². The number of rotatable bonds is 3. The summed E-state index contributed by atoms with van der Waals surface area (Å²) in [5.41, 5.74) is 1.51. The molecule has 0 aromatic rings. The molecule has 1 amide bonds. The van der Waals surface area contributed by atoms with Crippen molar-refractivity contribution < 1.29 is 14.6 Å². The van der Waals surface area contributed by atoms with E-state index in [4.69, 9.17) is 16.3 Å². The van der Waals surface area contributed by atoms with E-state index in [1.165, 1.54) is 6.08 Å². The lowest BCUT2D eigenvalue weighted by atomic mass is 9.97. The van der Waals surface area contributed by atoms with Crippen LogP contribution in [0.3, 0.4) is 0 Å². The summed E-state index contributed by atoms with van der Waals surface area (Å²) >= 11 is 6.15.